The number of methoxy groups -OCH3 is 2. The minimum Gasteiger partial charge on any atom is -0.497 e. The maximum atomic E-state index is 11.9. The summed E-state index contributed by atoms with van der Waals surface area (Å²) >= 11 is 0. The molecule has 0 spiro atoms. The lowest BCUT2D eigenvalue weighted by Gasteiger charge is -2.27. The van der Waals surface area contributed by atoms with Crippen LogP contribution in [-0.2, 0) is 9.53 Å². The molecule has 2 rings (SSSR count). The van der Waals surface area contributed by atoms with E-state index in [1.165, 1.54) is 7.11 Å². The number of rotatable bonds is 3. The number of carbonyl (C=O) groups excluding carboxylic acids is 2. The van der Waals surface area contributed by atoms with Gasteiger partial charge in [0.15, 0.2) is 0 Å². The van der Waals surface area contributed by atoms with Crippen LogP contribution in [-0.4, -0.2) is 26.2 Å². The van der Waals surface area contributed by atoms with Crippen LogP contribution in [0.25, 0.3) is 0 Å². The first-order chi connectivity index (χ1) is 9.56. The van der Waals surface area contributed by atoms with Gasteiger partial charge in [-0.15, -0.1) is 0 Å². The molecule has 2 N–H and O–H groups in total. The van der Waals surface area contributed by atoms with E-state index < -0.39 is 12.0 Å². The van der Waals surface area contributed by atoms with Crippen molar-refractivity contribution in [3.63, 3.8) is 0 Å². The van der Waals surface area contributed by atoms with Crippen LogP contribution in [0.1, 0.15) is 18.5 Å². The molecular weight excluding hydrogens is 260 g/mol. The molecule has 6 nitrogen and oxygen atoms in total. The van der Waals surface area contributed by atoms with Crippen molar-refractivity contribution in [1.29, 1.82) is 0 Å². The Morgan fingerprint density at radius 2 is 2.05 bits per heavy atom. The molecule has 0 unspecified atom stereocenters. The molecule has 0 bridgehead atoms. The maximum absolute atomic E-state index is 11.9. The predicted molar refractivity (Wildman–Crippen MR) is 72.1 cm³/mol. The summed E-state index contributed by atoms with van der Waals surface area (Å²) < 4.78 is 9.95. The summed E-state index contributed by atoms with van der Waals surface area (Å²) in [7, 11) is 2.87. The number of hydrogen-bond donors (Lipinski definition) is 2. The standard InChI is InChI=1S/C14H16N2O4/c1-8-11(13(17)20-3)12(16-14(18)15-8)9-5-4-6-10(7-9)19-2/h4-7,12H,1-3H3,(H2,15,16,18)/t12-/m1/s1. The van der Waals surface area contributed by atoms with E-state index >= 15 is 0 Å². The highest BCUT2D eigenvalue weighted by atomic mass is 16.5. The minimum absolute atomic E-state index is 0.358. The number of amides is 2. The van der Waals surface area contributed by atoms with Gasteiger partial charge in [0.05, 0.1) is 25.8 Å². The van der Waals surface area contributed by atoms with E-state index in [0.29, 0.717) is 17.0 Å². The van der Waals surface area contributed by atoms with Gasteiger partial charge in [-0.3, -0.25) is 0 Å². The fourth-order valence-electron chi connectivity index (χ4n) is 2.15. The van der Waals surface area contributed by atoms with Crippen LogP contribution in [0.2, 0.25) is 0 Å². The lowest BCUT2D eigenvalue weighted by Crippen LogP contribution is -2.45. The van der Waals surface area contributed by atoms with E-state index in [0.717, 1.165) is 5.56 Å². The second-order valence-electron chi connectivity index (χ2n) is 4.34. The van der Waals surface area contributed by atoms with Gasteiger partial charge >= 0.3 is 12.0 Å². The van der Waals surface area contributed by atoms with E-state index in [2.05, 4.69) is 10.6 Å². The van der Waals surface area contributed by atoms with Crippen molar-refractivity contribution in [1.82, 2.24) is 10.6 Å². The molecule has 0 aliphatic carbocycles. The van der Waals surface area contributed by atoms with Gasteiger partial charge < -0.3 is 20.1 Å². The zero-order valence-electron chi connectivity index (χ0n) is 11.5. The Bertz CT molecular complexity index is 580. The Kier molecular flexibility index (Phi) is 3.93. The first kappa shape index (κ1) is 13.9. The van der Waals surface area contributed by atoms with Crippen LogP contribution < -0.4 is 15.4 Å². The number of ether oxygens (including phenoxy) is 2. The van der Waals surface area contributed by atoms with Crippen LogP contribution in [0.15, 0.2) is 35.5 Å². The average Bonchev–Trinajstić information content (AvgIpc) is 2.45. The van der Waals surface area contributed by atoms with Crippen molar-refractivity contribution in [3.8, 4) is 5.75 Å². The van der Waals surface area contributed by atoms with Gasteiger partial charge in [-0.05, 0) is 24.6 Å². The minimum atomic E-state index is -0.564. The summed E-state index contributed by atoms with van der Waals surface area (Å²) in [6, 6.07) is 6.25. The molecular formula is C14H16N2O4. The summed E-state index contributed by atoms with van der Waals surface area (Å²) in [6.07, 6.45) is 0. The fraction of sp³-hybridized carbons (Fsp3) is 0.286. The summed E-state index contributed by atoms with van der Waals surface area (Å²) in [5, 5.41) is 5.29. The van der Waals surface area contributed by atoms with Crippen LogP contribution in [0.4, 0.5) is 4.79 Å². The number of esters is 1. The highest BCUT2D eigenvalue weighted by molar-refractivity contribution is 5.94. The molecule has 6 heteroatoms. The fourth-order valence-corrected chi connectivity index (χ4v) is 2.15. The highest BCUT2D eigenvalue weighted by Crippen LogP contribution is 2.29. The van der Waals surface area contributed by atoms with Gasteiger partial charge in [0.2, 0.25) is 0 Å². The Morgan fingerprint density at radius 1 is 1.30 bits per heavy atom. The van der Waals surface area contributed by atoms with Crippen molar-refractivity contribution >= 4 is 12.0 Å². The molecule has 1 aromatic carbocycles. The smallest absolute Gasteiger partial charge is 0.337 e. The van der Waals surface area contributed by atoms with Gasteiger partial charge in [-0.2, -0.15) is 0 Å². The third-order valence-corrected chi connectivity index (χ3v) is 3.10. The number of carbonyl (C=O) groups is 2. The number of benzene rings is 1. The molecule has 1 aromatic rings. The molecule has 1 aliphatic rings. The van der Waals surface area contributed by atoms with Crippen LogP contribution in [0.5, 0.6) is 5.75 Å². The van der Waals surface area contributed by atoms with E-state index in [9.17, 15) is 9.59 Å². The third-order valence-electron chi connectivity index (χ3n) is 3.10. The van der Waals surface area contributed by atoms with Crippen LogP contribution in [0, 0.1) is 0 Å². The lowest BCUT2D eigenvalue weighted by molar-refractivity contribution is -0.136. The summed E-state index contributed by atoms with van der Waals surface area (Å²) in [4.78, 5) is 23.5. The van der Waals surface area contributed by atoms with Crippen molar-refractivity contribution in [3.05, 3.63) is 41.1 Å². The van der Waals surface area contributed by atoms with Crippen LogP contribution in [0.3, 0.4) is 0 Å². The zero-order chi connectivity index (χ0) is 14.7. The van der Waals surface area contributed by atoms with Gasteiger partial charge in [-0.1, -0.05) is 12.1 Å². The molecule has 1 aliphatic heterocycles. The molecule has 106 valence electrons. The van der Waals surface area contributed by atoms with E-state index in [4.69, 9.17) is 9.47 Å². The molecule has 20 heavy (non-hydrogen) atoms. The molecule has 0 saturated heterocycles. The normalized spacial score (nSPS) is 18.1. The Labute approximate surface area is 116 Å². The van der Waals surface area contributed by atoms with E-state index in [1.54, 1.807) is 32.2 Å². The van der Waals surface area contributed by atoms with Gasteiger partial charge in [0, 0.05) is 5.70 Å². The van der Waals surface area contributed by atoms with Crippen LogP contribution >= 0.6 is 0 Å². The molecule has 1 atom stereocenters. The second kappa shape index (κ2) is 5.64. The summed E-state index contributed by atoms with van der Waals surface area (Å²) in [5.74, 6) is 0.167. The third kappa shape index (κ3) is 2.59. The Balaban J connectivity index is 2.48. The maximum Gasteiger partial charge on any atom is 0.337 e. The molecule has 0 saturated carbocycles. The number of hydrogen-bond acceptors (Lipinski definition) is 4. The molecule has 0 aromatic heterocycles. The Morgan fingerprint density at radius 3 is 2.70 bits per heavy atom. The molecule has 0 fully saturated rings. The highest BCUT2D eigenvalue weighted by Gasteiger charge is 2.31. The lowest BCUT2D eigenvalue weighted by atomic mass is 9.95. The summed E-state index contributed by atoms with van der Waals surface area (Å²) in [6.45, 7) is 1.66. The largest absolute Gasteiger partial charge is 0.497 e. The van der Waals surface area contributed by atoms with Gasteiger partial charge in [0.1, 0.15) is 5.75 Å². The SMILES string of the molecule is COC(=O)C1=C(C)NC(=O)N[C@@H]1c1cccc(OC)c1. The zero-order valence-corrected chi connectivity index (χ0v) is 11.5. The number of allylic oxidation sites excluding steroid dienone is 1. The summed E-state index contributed by atoms with van der Waals surface area (Å²) in [5.41, 5.74) is 1.60. The van der Waals surface area contributed by atoms with Crippen molar-refractivity contribution in [2.24, 2.45) is 0 Å². The molecule has 1 heterocycles. The van der Waals surface area contributed by atoms with Crippen molar-refractivity contribution in [2.45, 2.75) is 13.0 Å². The number of nitrogens with one attached hydrogen (secondary N) is 2. The van der Waals surface area contributed by atoms with Crippen molar-refractivity contribution in [2.75, 3.05) is 14.2 Å². The Hall–Kier alpha value is -2.50. The second-order valence-corrected chi connectivity index (χ2v) is 4.34. The first-order valence-corrected chi connectivity index (χ1v) is 6.07. The van der Waals surface area contributed by atoms with Gasteiger partial charge in [-0.25, -0.2) is 9.59 Å². The molecule has 2 amide bonds. The number of urea groups is 1. The molecule has 0 radical (unpaired) electrons. The quantitative estimate of drug-likeness (QED) is 0.820. The van der Waals surface area contributed by atoms with Gasteiger partial charge in [0.25, 0.3) is 0 Å². The first-order valence-electron chi connectivity index (χ1n) is 6.07. The van der Waals surface area contributed by atoms with E-state index in [-0.39, 0.29) is 6.03 Å². The predicted octanol–water partition coefficient (Wildman–Crippen LogP) is 1.50. The monoisotopic (exact) mass is 276 g/mol. The average molecular weight is 276 g/mol. The van der Waals surface area contributed by atoms with Crippen molar-refractivity contribution < 1.29 is 19.1 Å². The topological polar surface area (TPSA) is 76.7 Å². The van der Waals surface area contributed by atoms with E-state index in [1.807, 2.05) is 6.07 Å².